The SMILES string of the molecule is Nc1ccc(NS(=O)(=O)c2cc(Cl)sc2Cl)c(Br)c1. The minimum Gasteiger partial charge on any atom is -0.399 e. The number of halogens is 3. The summed E-state index contributed by atoms with van der Waals surface area (Å²) in [6.07, 6.45) is 0. The van der Waals surface area contributed by atoms with E-state index >= 15 is 0 Å². The molecule has 0 fully saturated rings. The van der Waals surface area contributed by atoms with Gasteiger partial charge in [-0.15, -0.1) is 11.3 Å². The Balaban J connectivity index is 2.39. The predicted molar refractivity (Wildman–Crippen MR) is 83.7 cm³/mol. The summed E-state index contributed by atoms with van der Waals surface area (Å²) in [5.41, 5.74) is 6.47. The summed E-state index contributed by atoms with van der Waals surface area (Å²) in [6, 6.07) is 6.05. The number of thiophene rings is 1. The minimum atomic E-state index is -3.79. The molecule has 0 saturated heterocycles. The fourth-order valence-corrected chi connectivity index (χ4v) is 5.18. The molecule has 0 aliphatic heterocycles. The van der Waals surface area contributed by atoms with Crippen LogP contribution in [0.3, 0.4) is 0 Å². The highest BCUT2D eigenvalue weighted by Crippen LogP contribution is 2.36. The lowest BCUT2D eigenvalue weighted by molar-refractivity contribution is 0.601. The molecular weight excluding hydrogens is 395 g/mol. The summed E-state index contributed by atoms with van der Waals surface area (Å²) in [5.74, 6) is 0. The van der Waals surface area contributed by atoms with Gasteiger partial charge in [-0.2, -0.15) is 0 Å². The summed E-state index contributed by atoms with van der Waals surface area (Å²) < 4.78 is 27.7. The minimum absolute atomic E-state index is 0.0482. The topological polar surface area (TPSA) is 72.2 Å². The van der Waals surface area contributed by atoms with E-state index in [4.69, 9.17) is 28.9 Å². The summed E-state index contributed by atoms with van der Waals surface area (Å²) in [7, 11) is -3.79. The van der Waals surface area contributed by atoms with Gasteiger partial charge in [0.15, 0.2) is 0 Å². The molecule has 0 bridgehead atoms. The Kier molecular flexibility index (Phi) is 4.32. The summed E-state index contributed by atoms with van der Waals surface area (Å²) in [6.45, 7) is 0. The average molecular weight is 402 g/mol. The lowest BCUT2D eigenvalue weighted by Crippen LogP contribution is -2.13. The van der Waals surface area contributed by atoms with Gasteiger partial charge >= 0.3 is 0 Å². The van der Waals surface area contributed by atoms with Crippen molar-refractivity contribution in [1.82, 2.24) is 0 Å². The molecule has 0 saturated carbocycles. The highest BCUT2D eigenvalue weighted by Gasteiger charge is 2.21. The number of nitrogen functional groups attached to an aromatic ring is 1. The number of benzene rings is 1. The van der Waals surface area contributed by atoms with Crippen LogP contribution in [0.1, 0.15) is 0 Å². The van der Waals surface area contributed by atoms with Crippen LogP contribution in [0.5, 0.6) is 0 Å². The second-order valence-electron chi connectivity index (χ2n) is 3.53. The molecule has 0 amide bonds. The van der Waals surface area contributed by atoms with Gasteiger partial charge in [-0.05, 0) is 40.2 Å². The van der Waals surface area contributed by atoms with Crippen molar-refractivity contribution < 1.29 is 8.42 Å². The van der Waals surface area contributed by atoms with Gasteiger partial charge in [0.2, 0.25) is 0 Å². The molecular formula is C10H7BrCl2N2O2S2. The van der Waals surface area contributed by atoms with Crippen LogP contribution in [0.15, 0.2) is 33.6 Å². The molecule has 0 radical (unpaired) electrons. The number of nitrogens with two attached hydrogens (primary N) is 1. The molecule has 9 heteroatoms. The van der Waals surface area contributed by atoms with Crippen LogP contribution >= 0.6 is 50.5 Å². The third-order valence-electron chi connectivity index (χ3n) is 2.15. The third-order valence-corrected chi connectivity index (χ3v) is 5.93. The van der Waals surface area contributed by atoms with Crippen molar-refractivity contribution in [3.8, 4) is 0 Å². The van der Waals surface area contributed by atoms with E-state index in [1.807, 2.05) is 0 Å². The Morgan fingerprint density at radius 1 is 1.26 bits per heavy atom. The zero-order valence-electron chi connectivity index (χ0n) is 9.15. The van der Waals surface area contributed by atoms with E-state index in [0.717, 1.165) is 11.3 Å². The molecule has 0 aliphatic rings. The number of hydrogen-bond acceptors (Lipinski definition) is 4. The second kappa shape index (κ2) is 5.49. The summed E-state index contributed by atoms with van der Waals surface area (Å²) in [5, 5.41) is 0. The monoisotopic (exact) mass is 400 g/mol. The van der Waals surface area contributed by atoms with Crippen molar-refractivity contribution in [3.05, 3.63) is 37.4 Å². The molecule has 19 heavy (non-hydrogen) atoms. The van der Waals surface area contributed by atoms with Crippen LogP contribution in [0, 0.1) is 0 Å². The lowest BCUT2D eigenvalue weighted by atomic mass is 10.3. The van der Waals surface area contributed by atoms with Crippen LogP contribution in [-0.4, -0.2) is 8.42 Å². The molecule has 0 aliphatic carbocycles. The standard InChI is InChI=1S/C10H7BrCl2N2O2S2/c11-6-3-5(14)1-2-7(6)15-19(16,17)8-4-9(12)18-10(8)13/h1-4,15H,14H2. The maximum atomic E-state index is 12.2. The van der Waals surface area contributed by atoms with Gasteiger partial charge in [0.05, 0.1) is 10.0 Å². The van der Waals surface area contributed by atoms with Crippen molar-refractivity contribution in [2.75, 3.05) is 10.5 Å². The van der Waals surface area contributed by atoms with E-state index in [9.17, 15) is 8.42 Å². The Bertz CT molecular complexity index is 731. The fraction of sp³-hybridized carbons (Fsp3) is 0. The first-order valence-corrected chi connectivity index (χ1v) is 8.67. The number of hydrogen-bond donors (Lipinski definition) is 2. The molecule has 1 heterocycles. The molecule has 0 unspecified atom stereocenters. The third kappa shape index (κ3) is 3.35. The van der Waals surface area contributed by atoms with Crippen LogP contribution in [0.4, 0.5) is 11.4 Å². The quantitative estimate of drug-likeness (QED) is 0.757. The number of nitrogens with one attached hydrogen (secondary N) is 1. The van der Waals surface area contributed by atoms with Gasteiger partial charge in [0.25, 0.3) is 10.0 Å². The first kappa shape index (κ1) is 14.9. The van der Waals surface area contributed by atoms with Gasteiger partial charge < -0.3 is 5.73 Å². The zero-order chi connectivity index (χ0) is 14.2. The molecule has 1 aromatic heterocycles. The smallest absolute Gasteiger partial charge is 0.264 e. The van der Waals surface area contributed by atoms with E-state index in [2.05, 4.69) is 20.7 Å². The van der Waals surface area contributed by atoms with Gasteiger partial charge in [-0.25, -0.2) is 8.42 Å². The van der Waals surface area contributed by atoms with Crippen LogP contribution in [0.25, 0.3) is 0 Å². The molecule has 2 aromatic rings. The van der Waals surface area contributed by atoms with E-state index in [1.165, 1.54) is 6.07 Å². The van der Waals surface area contributed by atoms with E-state index in [-0.39, 0.29) is 9.23 Å². The van der Waals surface area contributed by atoms with Gasteiger partial charge in [-0.1, -0.05) is 23.2 Å². The van der Waals surface area contributed by atoms with Gasteiger partial charge in [0, 0.05) is 10.2 Å². The van der Waals surface area contributed by atoms with Crippen molar-refractivity contribution in [2.45, 2.75) is 4.90 Å². The van der Waals surface area contributed by atoms with Crippen LogP contribution in [0.2, 0.25) is 8.67 Å². The Morgan fingerprint density at radius 2 is 1.95 bits per heavy atom. The molecule has 0 atom stereocenters. The first-order valence-electron chi connectivity index (χ1n) is 4.82. The fourth-order valence-electron chi connectivity index (χ4n) is 1.32. The highest BCUT2D eigenvalue weighted by molar-refractivity contribution is 9.10. The summed E-state index contributed by atoms with van der Waals surface area (Å²) in [4.78, 5) is -0.0482. The molecule has 2 rings (SSSR count). The van der Waals surface area contributed by atoms with Crippen molar-refractivity contribution in [1.29, 1.82) is 0 Å². The molecule has 3 N–H and O–H groups in total. The summed E-state index contributed by atoms with van der Waals surface area (Å²) >= 11 is 15.8. The van der Waals surface area contributed by atoms with Crippen molar-refractivity contribution in [3.63, 3.8) is 0 Å². The van der Waals surface area contributed by atoms with Gasteiger partial charge in [0.1, 0.15) is 9.23 Å². The van der Waals surface area contributed by atoms with Gasteiger partial charge in [-0.3, -0.25) is 4.72 Å². The van der Waals surface area contributed by atoms with E-state index in [0.29, 0.717) is 20.2 Å². The lowest BCUT2D eigenvalue weighted by Gasteiger charge is -2.09. The second-order valence-corrected chi connectivity index (χ2v) is 8.32. The molecule has 4 nitrogen and oxygen atoms in total. The van der Waals surface area contributed by atoms with E-state index < -0.39 is 10.0 Å². The number of anilines is 2. The number of sulfonamides is 1. The van der Waals surface area contributed by atoms with Crippen LogP contribution in [-0.2, 0) is 10.0 Å². The molecule has 0 spiro atoms. The Labute approximate surface area is 132 Å². The van der Waals surface area contributed by atoms with E-state index in [1.54, 1.807) is 18.2 Å². The Morgan fingerprint density at radius 3 is 2.47 bits per heavy atom. The number of rotatable bonds is 3. The zero-order valence-corrected chi connectivity index (χ0v) is 13.9. The van der Waals surface area contributed by atoms with Crippen LogP contribution < -0.4 is 10.5 Å². The highest BCUT2D eigenvalue weighted by atomic mass is 79.9. The first-order chi connectivity index (χ1) is 8.79. The molecule has 1 aromatic carbocycles. The predicted octanol–water partition coefficient (Wildman–Crippen LogP) is 4.20. The maximum absolute atomic E-state index is 12.2. The average Bonchev–Trinajstić information content (AvgIpc) is 2.63. The molecule has 102 valence electrons. The van der Waals surface area contributed by atoms with Crippen molar-refractivity contribution >= 4 is 71.9 Å². The normalized spacial score (nSPS) is 11.5. The largest absolute Gasteiger partial charge is 0.399 e. The maximum Gasteiger partial charge on any atom is 0.264 e. The van der Waals surface area contributed by atoms with Crippen molar-refractivity contribution in [2.24, 2.45) is 0 Å². The Hall–Kier alpha value is -0.470.